The lowest BCUT2D eigenvalue weighted by atomic mass is 9.33. The minimum atomic E-state index is -0.297. The number of rotatable bonds is 7. The second-order valence-electron chi connectivity index (χ2n) is 30.2. The molecule has 0 amide bonds. The third-order valence-corrected chi connectivity index (χ3v) is 20.2. The Bertz CT molecular complexity index is 4370. The summed E-state index contributed by atoms with van der Waals surface area (Å²) in [7, 11) is 0. The van der Waals surface area contributed by atoms with Gasteiger partial charge in [-0.25, -0.2) is 0 Å². The monoisotopic (exact) mass is 1140 g/mol. The van der Waals surface area contributed by atoms with Crippen molar-refractivity contribution >= 4 is 73.8 Å². The predicted octanol–water partition coefficient (Wildman–Crippen LogP) is 19.2. The van der Waals surface area contributed by atoms with E-state index in [1.807, 2.05) is 0 Å². The molecule has 6 aliphatic rings. The van der Waals surface area contributed by atoms with E-state index in [1.54, 1.807) is 0 Å². The molecule has 0 fully saturated rings. The van der Waals surface area contributed by atoms with Crippen LogP contribution in [-0.4, -0.2) is 17.3 Å². The minimum absolute atomic E-state index is 0.00460. The Morgan fingerprint density at radius 1 is 0.552 bits per heavy atom. The van der Waals surface area contributed by atoms with Crippen LogP contribution < -0.4 is 35.8 Å². The van der Waals surface area contributed by atoms with Gasteiger partial charge in [-0.15, -0.1) is 0 Å². The number of ether oxygens (including phenoxy) is 1. The maximum absolute atomic E-state index is 6.92. The maximum atomic E-state index is 6.92. The van der Waals surface area contributed by atoms with Gasteiger partial charge < -0.3 is 24.0 Å². The number of anilines is 7. The molecule has 4 heterocycles. The van der Waals surface area contributed by atoms with Gasteiger partial charge in [0.2, 0.25) is 0 Å². The molecule has 6 heteroatoms. The average Bonchev–Trinajstić information content (AvgIpc) is 1.58. The van der Waals surface area contributed by atoms with Crippen LogP contribution in [0.3, 0.4) is 0 Å². The Morgan fingerprint density at radius 2 is 1.14 bits per heavy atom. The molecule has 3 atom stereocenters. The van der Waals surface area contributed by atoms with Crippen LogP contribution in [0.4, 0.5) is 39.8 Å². The quantitative estimate of drug-likeness (QED) is 0.148. The summed E-state index contributed by atoms with van der Waals surface area (Å²) in [6.45, 7) is 32.7. The fourth-order valence-corrected chi connectivity index (χ4v) is 15.5. The van der Waals surface area contributed by atoms with E-state index in [-0.39, 0.29) is 45.7 Å². The Kier molecular flexibility index (Phi) is 12.2. The Labute approximate surface area is 517 Å². The van der Waals surface area contributed by atoms with E-state index in [9.17, 15) is 0 Å². The van der Waals surface area contributed by atoms with Crippen molar-refractivity contribution in [2.24, 2.45) is 11.3 Å². The smallest absolute Gasteiger partial charge is 0.252 e. The summed E-state index contributed by atoms with van der Waals surface area (Å²) in [5.74, 6) is 2.25. The van der Waals surface area contributed by atoms with Crippen molar-refractivity contribution in [2.75, 3.05) is 14.7 Å². The number of fused-ring (bicyclic) bond motifs is 12. The highest BCUT2D eigenvalue weighted by molar-refractivity contribution is 7.00. The van der Waals surface area contributed by atoms with Crippen molar-refractivity contribution in [1.29, 1.82) is 0 Å². The van der Waals surface area contributed by atoms with Crippen LogP contribution in [0.2, 0.25) is 0 Å². The number of hydrogen-bond donors (Lipinski definition) is 0. The van der Waals surface area contributed by atoms with Gasteiger partial charge in [0.25, 0.3) is 6.71 Å². The van der Waals surface area contributed by atoms with Crippen molar-refractivity contribution in [3.63, 3.8) is 0 Å². The lowest BCUT2D eigenvalue weighted by Gasteiger charge is -2.46. The van der Waals surface area contributed by atoms with Gasteiger partial charge in [-0.2, -0.15) is 0 Å². The molecule has 87 heavy (non-hydrogen) atoms. The second-order valence-corrected chi connectivity index (χ2v) is 30.2. The normalized spacial score (nSPS) is 18.5. The van der Waals surface area contributed by atoms with Crippen LogP contribution in [-0.2, 0) is 21.7 Å². The minimum Gasteiger partial charge on any atom is -0.461 e. The summed E-state index contributed by atoms with van der Waals surface area (Å²) in [6.07, 6.45) is 15.3. The van der Waals surface area contributed by atoms with Gasteiger partial charge in [-0.1, -0.05) is 224 Å². The lowest BCUT2D eigenvalue weighted by molar-refractivity contribution is 0.293. The summed E-state index contributed by atoms with van der Waals surface area (Å²) in [4.78, 5) is 7.80. The summed E-state index contributed by atoms with van der Waals surface area (Å²) in [5, 5.41) is 1.31. The molecule has 1 aromatic heterocycles. The Balaban J connectivity index is 1.05. The molecule has 0 saturated heterocycles. The summed E-state index contributed by atoms with van der Waals surface area (Å²) in [6, 6.07) is 65.5. The van der Waals surface area contributed by atoms with E-state index in [2.05, 4.69) is 323 Å². The molecule has 3 aliphatic carbocycles. The zero-order valence-electron chi connectivity index (χ0n) is 53.3. The zero-order valence-corrected chi connectivity index (χ0v) is 53.3. The fourth-order valence-electron chi connectivity index (χ4n) is 15.5. The van der Waals surface area contributed by atoms with Gasteiger partial charge in [0.15, 0.2) is 0 Å². The van der Waals surface area contributed by atoms with Gasteiger partial charge in [0.1, 0.15) is 11.5 Å². The van der Waals surface area contributed by atoms with Gasteiger partial charge in [-0.05, 0) is 157 Å². The van der Waals surface area contributed by atoms with E-state index >= 15 is 0 Å². The lowest BCUT2D eigenvalue weighted by Crippen LogP contribution is -2.62. The number of allylic oxidation sites excluding steroid dienone is 5. The summed E-state index contributed by atoms with van der Waals surface area (Å²) in [5.41, 5.74) is 26.1. The first-order valence-electron chi connectivity index (χ1n) is 31.8. The van der Waals surface area contributed by atoms with Crippen molar-refractivity contribution < 1.29 is 4.74 Å². The number of aromatic nitrogens is 1. The van der Waals surface area contributed by atoms with Crippen molar-refractivity contribution in [2.45, 2.75) is 137 Å². The molecular formula is C81H81BN4O. The molecule has 3 unspecified atom stereocenters. The number of hydrogen-bond acceptors (Lipinski definition) is 4. The highest BCUT2D eigenvalue weighted by Gasteiger charge is 2.50. The standard InChI is InChI=1S/C81H81BN4O/c1-77(2,3)50-29-37-54(38-30-50)83(55-39-31-51(32-40-55)78(4,5)6)58-45-46-64-67(47-58)85(66-26-20-28-71-73(66)61-22-16-18-27-70(61)87-71)68-48-59(84(56-41-33-52(34-42-56)79(7,8)9)57-43-35-53(36-44-57)80(10,11)12)49-69-74(68)82(64)65-25-19-23-62-72-60-21-15-17-24-63(60)81(13,14)76(72)86(69)75(62)65/h15-35,37-49,53,66,73H,36H2,1-14H3. The molecule has 0 N–H and O–H groups in total. The predicted molar refractivity (Wildman–Crippen MR) is 369 cm³/mol. The fraction of sp³-hybridized carbons (Fsp3) is 0.284. The molecule has 0 spiro atoms. The third kappa shape index (κ3) is 8.62. The second kappa shape index (κ2) is 19.3. The molecule has 3 aliphatic heterocycles. The molecular weight excluding hydrogens is 1060 g/mol. The molecule has 9 aromatic rings. The van der Waals surface area contributed by atoms with Crippen molar-refractivity contribution in [3.8, 4) is 22.6 Å². The zero-order chi connectivity index (χ0) is 60.4. The van der Waals surface area contributed by atoms with Gasteiger partial charge in [0, 0.05) is 78.6 Å². The van der Waals surface area contributed by atoms with Crippen LogP contribution in [0.5, 0.6) is 5.75 Å². The maximum Gasteiger partial charge on any atom is 0.252 e. The molecule has 434 valence electrons. The number of benzene rings is 8. The highest BCUT2D eigenvalue weighted by Crippen LogP contribution is 2.56. The molecule has 15 rings (SSSR count). The topological polar surface area (TPSA) is 23.9 Å². The summed E-state index contributed by atoms with van der Waals surface area (Å²) >= 11 is 0. The molecule has 5 nitrogen and oxygen atoms in total. The largest absolute Gasteiger partial charge is 0.461 e. The van der Waals surface area contributed by atoms with Crippen molar-refractivity contribution in [1.82, 2.24) is 4.57 Å². The third-order valence-electron chi connectivity index (χ3n) is 20.2. The van der Waals surface area contributed by atoms with E-state index in [1.165, 1.54) is 94.7 Å². The van der Waals surface area contributed by atoms with E-state index in [0.717, 1.165) is 46.4 Å². The van der Waals surface area contributed by atoms with Crippen LogP contribution in [0.1, 0.15) is 143 Å². The molecule has 0 saturated carbocycles. The van der Waals surface area contributed by atoms with Gasteiger partial charge in [0.05, 0.1) is 17.6 Å². The first kappa shape index (κ1) is 55.1. The number of nitrogens with zero attached hydrogens (tertiary/aromatic N) is 4. The van der Waals surface area contributed by atoms with Gasteiger partial charge >= 0.3 is 0 Å². The van der Waals surface area contributed by atoms with E-state index in [4.69, 9.17) is 4.74 Å². The average molecular weight is 1140 g/mol. The molecule has 8 aromatic carbocycles. The van der Waals surface area contributed by atoms with Crippen LogP contribution in [0.15, 0.2) is 218 Å². The first-order valence-corrected chi connectivity index (χ1v) is 31.8. The SMILES string of the molecule is CC(C)(C)c1ccc(N(C2=CCC(C(C)(C)C)C=C2)c2cc3c4c(c2)-n2c5c(c6cccc(c62)B4c2ccc(N(c4ccc(C(C)(C)C)cc4)c4ccc(C(C)(C)C)cc4)cc2N3C2C=CC=C3Oc4ccccc4C32)-c2ccccc2C5(C)C)cc1. The molecule has 0 bridgehead atoms. The number of para-hydroxylation sites is 2. The van der Waals surface area contributed by atoms with Crippen LogP contribution >= 0.6 is 0 Å². The first-order chi connectivity index (χ1) is 41.4. The van der Waals surface area contributed by atoms with E-state index < -0.39 is 0 Å². The summed E-state index contributed by atoms with van der Waals surface area (Å²) < 4.78 is 9.66. The Morgan fingerprint density at radius 3 is 1.76 bits per heavy atom. The van der Waals surface area contributed by atoms with Crippen LogP contribution in [0, 0.1) is 11.3 Å². The molecule has 0 radical (unpaired) electrons. The highest BCUT2D eigenvalue weighted by atomic mass is 16.5. The van der Waals surface area contributed by atoms with Crippen molar-refractivity contribution in [3.05, 3.63) is 251 Å². The Hall–Kier alpha value is -8.48. The van der Waals surface area contributed by atoms with Gasteiger partial charge in [-0.3, -0.25) is 0 Å². The van der Waals surface area contributed by atoms with E-state index in [0.29, 0.717) is 5.92 Å². The van der Waals surface area contributed by atoms with Crippen LogP contribution in [0.25, 0.3) is 27.7 Å².